The van der Waals surface area contributed by atoms with Crippen molar-refractivity contribution in [1.82, 2.24) is 9.88 Å². The van der Waals surface area contributed by atoms with Crippen LogP contribution in [0.1, 0.15) is 29.0 Å². The number of amides is 1. The third-order valence-corrected chi connectivity index (χ3v) is 5.72. The second-order valence-corrected chi connectivity index (χ2v) is 7.89. The second-order valence-electron chi connectivity index (χ2n) is 7.89. The van der Waals surface area contributed by atoms with Gasteiger partial charge in [0.1, 0.15) is 13.2 Å². The van der Waals surface area contributed by atoms with Crippen molar-refractivity contribution in [2.75, 3.05) is 13.2 Å². The number of hydrogen-bond acceptors (Lipinski definition) is 4. The first-order chi connectivity index (χ1) is 14.8. The van der Waals surface area contributed by atoms with E-state index in [0.717, 1.165) is 29.0 Å². The molecule has 152 valence electrons. The Hall–Kier alpha value is -3.34. The van der Waals surface area contributed by atoms with E-state index in [9.17, 15) is 4.79 Å². The first kappa shape index (κ1) is 18.7. The number of aromatic nitrogens is 1. The van der Waals surface area contributed by atoms with E-state index in [1.807, 2.05) is 59.6 Å². The molecule has 3 aromatic rings. The minimum absolute atomic E-state index is 0.0429. The lowest BCUT2D eigenvalue weighted by molar-refractivity contribution is -0.134. The Morgan fingerprint density at radius 2 is 1.73 bits per heavy atom. The molecule has 1 aliphatic carbocycles. The van der Waals surface area contributed by atoms with Crippen LogP contribution < -0.4 is 9.47 Å². The van der Waals surface area contributed by atoms with Crippen LogP contribution in [0.4, 0.5) is 0 Å². The fraction of sp³-hybridized carbons (Fsp3) is 0.280. The van der Waals surface area contributed by atoms with Gasteiger partial charge >= 0.3 is 0 Å². The second kappa shape index (κ2) is 8.19. The summed E-state index contributed by atoms with van der Waals surface area (Å²) in [6.45, 7) is 2.19. The molecule has 2 heterocycles. The number of carbonyl (C=O) groups excluding carboxylic acids is 1. The van der Waals surface area contributed by atoms with Crippen molar-refractivity contribution in [3.8, 4) is 11.5 Å². The predicted octanol–water partition coefficient (Wildman–Crippen LogP) is 4.19. The highest BCUT2D eigenvalue weighted by Gasteiger charge is 2.45. The van der Waals surface area contributed by atoms with Crippen LogP contribution in [-0.2, 0) is 17.9 Å². The quantitative estimate of drug-likeness (QED) is 0.623. The fourth-order valence-electron chi connectivity index (χ4n) is 4.10. The molecule has 0 bridgehead atoms. The average molecular weight is 400 g/mol. The molecule has 0 radical (unpaired) electrons. The standard InChI is InChI=1S/C25H24N2O3/c28-25(22-14-21(22)20-6-2-1-3-7-20)27(17-19-5-4-10-26-15-19)16-18-8-9-23-24(13-18)30-12-11-29-23/h1-10,13,15,21-22H,11-12,14,16-17H2/t21-,22+/m0/s1. The summed E-state index contributed by atoms with van der Waals surface area (Å²) in [5.41, 5.74) is 3.31. The first-order valence-electron chi connectivity index (χ1n) is 10.4. The monoisotopic (exact) mass is 400 g/mol. The SMILES string of the molecule is O=C([C@@H]1C[C@H]1c1ccccc1)N(Cc1cccnc1)Cc1ccc2c(c1)OCCO2. The van der Waals surface area contributed by atoms with Crippen LogP contribution in [0.25, 0.3) is 0 Å². The zero-order valence-corrected chi connectivity index (χ0v) is 16.7. The van der Waals surface area contributed by atoms with Crippen LogP contribution >= 0.6 is 0 Å². The van der Waals surface area contributed by atoms with Crippen LogP contribution in [0.3, 0.4) is 0 Å². The van der Waals surface area contributed by atoms with E-state index in [4.69, 9.17) is 9.47 Å². The summed E-state index contributed by atoms with van der Waals surface area (Å²) < 4.78 is 11.3. The van der Waals surface area contributed by atoms with Gasteiger partial charge in [-0.3, -0.25) is 9.78 Å². The molecule has 0 saturated heterocycles. The van der Waals surface area contributed by atoms with Crippen LogP contribution in [0.15, 0.2) is 73.1 Å². The van der Waals surface area contributed by atoms with Crippen molar-refractivity contribution >= 4 is 5.91 Å². The fourth-order valence-corrected chi connectivity index (χ4v) is 4.10. The summed E-state index contributed by atoms with van der Waals surface area (Å²) >= 11 is 0. The van der Waals surface area contributed by atoms with Gasteiger partial charge in [0.2, 0.25) is 5.91 Å². The molecule has 5 heteroatoms. The Morgan fingerprint density at radius 3 is 2.53 bits per heavy atom. The number of nitrogens with zero attached hydrogens (tertiary/aromatic N) is 2. The molecule has 2 aliphatic rings. The van der Waals surface area contributed by atoms with E-state index >= 15 is 0 Å². The van der Waals surface area contributed by atoms with E-state index in [0.29, 0.717) is 32.2 Å². The molecule has 0 spiro atoms. The van der Waals surface area contributed by atoms with Crippen molar-refractivity contribution < 1.29 is 14.3 Å². The summed E-state index contributed by atoms with van der Waals surface area (Å²) in [6.07, 6.45) is 4.49. The van der Waals surface area contributed by atoms with Gasteiger partial charge in [-0.15, -0.1) is 0 Å². The number of rotatable bonds is 6. The van der Waals surface area contributed by atoms with Crippen LogP contribution in [0.5, 0.6) is 11.5 Å². The molecule has 2 aromatic carbocycles. The van der Waals surface area contributed by atoms with Gasteiger partial charge in [0.25, 0.3) is 0 Å². The van der Waals surface area contributed by atoms with Crippen molar-refractivity contribution in [3.05, 3.63) is 89.7 Å². The lowest BCUT2D eigenvalue weighted by Gasteiger charge is -2.25. The minimum atomic E-state index is 0.0429. The Balaban J connectivity index is 1.36. The summed E-state index contributed by atoms with van der Waals surface area (Å²) in [5, 5.41) is 0. The highest BCUT2D eigenvalue weighted by atomic mass is 16.6. The average Bonchev–Trinajstić information content (AvgIpc) is 3.60. The maximum Gasteiger partial charge on any atom is 0.226 e. The summed E-state index contributed by atoms with van der Waals surface area (Å²) in [6, 6.07) is 20.2. The molecular weight excluding hydrogens is 376 g/mol. The van der Waals surface area contributed by atoms with Crippen LogP contribution in [0, 0.1) is 5.92 Å². The molecule has 1 aliphatic heterocycles. The number of pyridine rings is 1. The maximum absolute atomic E-state index is 13.4. The minimum Gasteiger partial charge on any atom is -0.486 e. The van der Waals surface area contributed by atoms with E-state index < -0.39 is 0 Å². The van der Waals surface area contributed by atoms with Gasteiger partial charge in [0.15, 0.2) is 11.5 Å². The van der Waals surface area contributed by atoms with E-state index in [1.165, 1.54) is 5.56 Å². The van der Waals surface area contributed by atoms with Gasteiger partial charge in [0.05, 0.1) is 0 Å². The summed E-state index contributed by atoms with van der Waals surface area (Å²) in [5.74, 6) is 2.07. The van der Waals surface area contributed by atoms with Crippen molar-refractivity contribution in [2.45, 2.75) is 25.4 Å². The Kier molecular flexibility index (Phi) is 5.10. The van der Waals surface area contributed by atoms with Crippen LogP contribution in [-0.4, -0.2) is 29.0 Å². The number of ether oxygens (including phenoxy) is 2. The van der Waals surface area contributed by atoms with Gasteiger partial charge in [-0.05, 0) is 47.2 Å². The normalized spacial score (nSPS) is 19.2. The summed E-state index contributed by atoms with van der Waals surface area (Å²) in [7, 11) is 0. The van der Waals surface area contributed by atoms with E-state index in [1.54, 1.807) is 6.20 Å². The number of benzene rings is 2. The lowest BCUT2D eigenvalue weighted by Crippen LogP contribution is -2.32. The molecule has 1 amide bonds. The molecule has 1 saturated carbocycles. The van der Waals surface area contributed by atoms with Crippen LogP contribution in [0.2, 0.25) is 0 Å². The largest absolute Gasteiger partial charge is 0.486 e. The van der Waals surface area contributed by atoms with Gasteiger partial charge in [-0.25, -0.2) is 0 Å². The maximum atomic E-state index is 13.4. The zero-order chi connectivity index (χ0) is 20.3. The smallest absolute Gasteiger partial charge is 0.226 e. The van der Waals surface area contributed by atoms with Crippen molar-refractivity contribution in [1.29, 1.82) is 0 Å². The van der Waals surface area contributed by atoms with E-state index in [-0.39, 0.29) is 11.8 Å². The molecule has 1 aromatic heterocycles. The molecular formula is C25H24N2O3. The van der Waals surface area contributed by atoms with Gasteiger partial charge in [-0.2, -0.15) is 0 Å². The number of carbonyl (C=O) groups is 1. The predicted molar refractivity (Wildman–Crippen MR) is 113 cm³/mol. The molecule has 0 unspecified atom stereocenters. The Labute approximate surface area is 176 Å². The first-order valence-corrected chi connectivity index (χ1v) is 10.4. The molecule has 1 fully saturated rings. The van der Waals surface area contributed by atoms with Gasteiger partial charge < -0.3 is 14.4 Å². The van der Waals surface area contributed by atoms with E-state index in [2.05, 4.69) is 17.1 Å². The molecule has 30 heavy (non-hydrogen) atoms. The molecule has 5 nitrogen and oxygen atoms in total. The third-order valence-electron chi connectivity index (χ3n) is 5.72. The lowest BCUT2D eigenvalue weighted by atomic mass is 10.1. The highest BCUT2D eigenvalue weighted by Crippen LogP contribution is 2.48. The molecule has 5 rings (SSSR count). The summed E-state index contributed by atoms with van der Waals surface area (Å²) in [4.78, 5) is 19.6. The van der Waals surface area contributed by atoms with Crippen molar-refractivity contribution in [3.63, 3.8) is 0 Å². The Morgan fingerprint density at radius 1 is 0.933 bits per heavy atom. The molecule has 2 atom stereocenters. The highest BCUT2D eigenvalue weighted by molar-refractivity contribution is 5.83. The van der Waals surface area contributed by atoms with Crippen molar-refractivity contribution in [2.24, 2.45) is 5.92 Å². The van der Waals surface area contributed by atoms with Gasteiger partial charge in [-0.1, -0.05) is 42.5 Å². The Bertz CT molecular complexity index is 1020. The number of fused-ring (bicyclic) bond motifs is 1. The third kappa shape index (κ3) is 4.01. The zero-order valence-electron chi connectivity index (χ0n) is 16.7. The molecule has 0 N–H and O–H groups in total. The van der Waals surface area contributed by atoms with Gasteiger partial charge in [0, 0.05) is 31.4 Å². The number of hydrogen-bond donors (Lipinski definition) is 0. The topological polar surface area (TPSA) is 51.7 Å².